The highest BCUT2D eigenvalue weighted by molar-refractivity contribution is 6.30. The van der Waals surface area contributed by atoms with Crippen molar-refractivity contribution >= 4 is 29.4 Å². The van der Waals surface area contributed by atoms with Gasteiger partial charge in [-0.05, 0) is 43.5 Å². The van der Waals surface area contributed by atoms with Crippen LogP contribution in [-0.4, -0.2) is 72.0 Å². The lowest BCUT2D eigenvalue weighted by Gasteiger charge is -2.08. The molecule has 0 aliphatic rings. The number of carbonyl (C=O) groups excluding carboxylic acids is 1. The number of nitrogens with zero attached hydrogens (tertiary/aromatic N) is 3. The van der Waals surface area contributed by atoms with Crippen molar-refractivity contribution < 1.29 is 50.2 Å². The summed E-state index contributed by atoms with van der Waals surface area (Å²) in [6, 6.07) is 10.9. The highest BCUT2D eigenvalue weighted by atomic mass is 35.5. The quantitative estimate of drug-likeness (QED) is 0.0414. The van der Waals surface area contributed by atoms with Crippen LogP contribution in [0.4, 0.5) is 10.5 Å². The summed E-state index contributed by atoms with van der Waals surface area (Å²) in [4.78, 5) is 16.2. The lowest BCUT2D eigenvalue weighted by Crippen LogP contribution is -3.00. The molecule has 0 aliphatic carbocycles. The van der Waals surface area contributed by atoms with Crippen LogP contribution in [0.5, 0.6) is 5.75 Å². The fourth-order valence-electron chi connectivity index (χ4n) is 3.22. The molecular weight excluding hydrogens is 589 g/mol. The summed E-state index contributed by atoms with van der Waals surface area (Å²) in [5, 5.41) is 15.4. The van der Waals surface area contributed by atoms with Crippen LogP contribution in [0.3, 0.4) is 0 Å². The highest BCUT2D eigenvalue weighted by Gasteiger charge is 2.09. The molecule has 2 N–H and O–H groups in total. The van der Waals surface area contributed by atoms with Gasteiger partial charge in [-0.2, -0.15) is 9.83 Å². The number of aliphatic imine (C=N–C) groups is 1. The van der Waals surface area contributed by atoms with Gasteiger partial charge in [-0.3, -0.25) is 10.3 Å². The number of nitriles is 1. The van der Waals surface area contributed by atoms with Crippen molar-refractivity contribution in [2.24, 2.45) is 4.99 Å². The maximum Gasteiger partial charge on any atom is 0.513 e. The van der Waals surface area contributed by atoms with E-state index in [1.165, 1.54) is 0 Å². The van der Waals surface area contributed by atoms with Crippen LogP contribution in [0, 0.1) is 11.5 Å². The number of pyridine rings is 1. The Morgan fingerprint density at radius 1 is 0.905 bits per heavy atom. The summed E-state index contributed by atoms with van der Waals surface area (Å²) in [6.45, 7) is 3.41. The minimum atomic E-state index is -0.790. The van der Waals surface area contributed by atoms with Crippen molar-refractivity contribution in [3.05, 3.63) is 53.8 Å². The van der Waals surface area contributed by atoms with Crippen LogP contribution in [0.1, 0.15) is 25.7 Å². The van der Waals surface area contributed by atoms with Crippen molar-refractivity contribution in [3.8, 4) is 11.9 Å². The Hall–Kier alpha value is -3.34. The number of hydrogen-bond donors (Lipinski definition) is 2. The molecule has 0 bridgehead atoms. The van der Waals surface area contributed by atoms with E-state index < -0.39 is 6.16 Å². The number of benzene rings is 1. The smallest absolute Gasteiger partial charge is 0.513 e. The molecule has 14 heteroatoms. The van der Waals surface area contributed by atoms with Gasteiger partial charge in [0, 0.05) is 30.8 Å². The second kappa shape index (κ2) is 24.3. The zero-order chi connectivity index (χ0) is 29.4. The van der Waals surface area contributed by atoms with Crippen molar-refractivity contribution in [1.29, 1.82) is 5.26 Å². The monoisotopic (exact) mass is 627 g/mol. The topological polar surface area (TPSA) is 137 Å². The van der Waals surface area contributed by atoms with Gasteiger partial charge in [-0.15, -0.1) is 0 Å². The molecule has 1 heterocycles. The van der Waals surface area contributed by atoms with Crippen molar-refractivity contribution in [2.75, 3.05) is 65.2 Å². The standard InChI is InChI=1S/C28H38ClN5O7.ClH/c1-36-16-17-37-18-19-38-20-21-40-28(35)41-23-34-13-10-25(11-14-34)33-27(32-22-30)31-12-4-2-3-5-15-39-26-8-6-24(29)7-9-26;/h6-11,13-14H,2-5,12,15-21,23H2,1H3,(H,31,32);1H. The second-order valence-corrected chi connectivity index (χ2v) is 8.94. The predicted octanol–water partition coefficient (Wildman–Crippen LogP) is 0.900. The minimum absolute atomic E-state index is 0. The number of carbonyl (C=O) groups is 1. The number of unbranched alkanes of at least 4 members (excludes halogenated alkanes) is 3. The maximum absolute atomic E-state index is 11.7. The number of ether oxygens (including phenoxy) is 6. The number of nitrogens with one attached hydrogen (secondary N) is 2. The first-order valence-corrected chi connectivity index (χ1v) is 13.8. The van der Waals surface area contributed by atoms with E-state index in [1.807, 2.05) is 18.3 Å². The molecule has 0 unspecified atom stereocenters. The van der Waals surface area contributed by atoms with E-state index in [4.69, 9.17) is 45.3 Å². The van der Waals surface area contributed by atoms with Crippen molar-refractivity contribution in [2.45, 2.75) is 32.4 Å². The fraction of sp³-hybridized carbons (Fsp3) is 0.500. The first-order chi connectivity index (χ1) is 20.1. The maximum atomic E-state index is 11.7. The largest absolute Gasteiger partial charge is 1.00 e. The fourth-order valence-corrected chi connectivity index (χ4v) is 3.35. The third-order valence-corrected chi connectivity index (χ3v) is 5.57. The number of aromatic nitrogens is 1. The number of anilines is 1. The minimum Gasteiger partial charge on any atom is -1.00 e. The molecule has 0 atom stereocenters. The molecule has 232 valence electrons. The molecule has 0 aliphatic heterocycles. The summed E-state index contributed by atoms with van der Waals surface area (Å²) in [5.74, 6) is 1.17. The summed E-state index contributed by atoms with van der Waals surface area (Å²) in [6.07, 6.45) is 8.39. The zero-order valence-corrected chi connectivity index (χ0v) is 25.3. The van der Waals surface area contributed by atoms with Crippen LogP contribution in [0.15, 0.2) is 53.8 Å². The van der Waals surface area contributed by atoms with Gasteiger partial charge in [-0.25, -0.2) is 4.79 Å². The lowest BCUT2D eigenvalue weighted by atomic mass is 10.2. The Kier molecular flexibility index (Phi) is 21.2. The summed E-state index contributed by atoms with van der Waals surface area (Å²) < 4.78 is 32.8. The molecule has 1 aromatic carbocycles. The first kappa shape index (κ1) is 36.7. The van der Waals surface area contributed by atoms with Gasteiger partial charge in [0.25, 0.3) is 6.73 Å². The van der Waals surface area contributed by atoms with E-state index in [0.29, 0.717) is 56.2 Å². The number of rotatable bonds is 20. The Bertz CT molecular complexity index is 1050. The third-order valence-electron chi connectivity index (χ3n) is 5.32. The molecule has 0 radical (unpaired) electrons. The number of halogens is 2. The van der Waals surface area contributed by atoms with Crippen LogP contribution in [0.2, 0.25) is 5.02 Å². The molecule has 2 rings (SSSR count). The highest BCUT2D eigenvalue weighted by Crippen LogP contribution is 2.16. The van der Waals surface area contributed by atoms with Gasteiger partial charge in [0.15, 0.2) is 18.6 Å². The molecule has 2 aromatic rings. The van der Waals surface area contributed by atoms with Gasteiger partial charge in [0.1, 0.15) is 12.4 Å². The van der Waals surface area contributed by atoms with Crippen LogP contribution in [-0.2, 0) is 30.4 Å². The first-order valence-electron chi connectivity index (χ1n) is 13.4. The van der Waals surface area contributed by atoms with E-state index in [9.17, 15) is 4.79 Å². The summed E-state index contributed by atoms with van der Waals surface area (Å²) >= 11 is 5.87. The van der Waals surface area contributed by atoms with Gasteiger partial charge in [0.2, 0.25) is 5.96 Å². The zero-order valence-electron chi connectivity index (χ0n) is 23.8. The molecular formula is C28H39Cl2N5O7. The summed E-state index contributed by atoms with van der Waals surface area (Å²) in [5.41, 5.74) is 0.716. The third kappa shape index (κ3) is 18.2. The van der Waals surface area contributed by atoms with Crippen molar-refractivity contribution in [1.82, 2.24) is 5.32 Å². The van der Waals surface area contributed by atoms with Crippen LogP contribution < -0.4 is 32.3 Å². The predicted molar refractivity (Wildman–Crippen MR) is 153 cm³/mol. The number of hydrogen-bond acceptors (Lipinski definition) is 9. The van der Waals surface area contributed by atoms with E-state index in [-0.39, 0.29) is 32.4 Å². The Balaban J connectivity index is 0.00000882. The molecule has 0 amide bonds. The Labute approximate surface area is 258 Å². The Morgan fingerprint density at radius 2 is 1.57 bits per heavy atom. The molecule has 0 saturated carbocycles. The lowest BCUT2D eigenvalue weighted by molar-refractivity contribution is -0.727. The van der Waals surface area contributed by atoms with Gasteiger partial charge >= 0.3 is 6.16 Å². The van der Waals surface area contributed by atoms with Crippen LogP contribution in [0.25, 0.3) is 0 Å². The van der Waals surface area contributed by atoms with Crippen molar-refractivity contribution in [3.63, 3.8) is 0 Å². The molecule has 0 fully saturated rings. The second-order valence-electron chi connectivity index (χ2n) is 8.50. The van der Waals surface area contributed by atoms with E-state index in [2.05, 4.69) is 15.6 Å². The number of guanidine groups is 1. The molecule has 0 spiro atoms. The molecule has 42 heavy (non-hydrogen) atoms. The Morgan fingerprint density at radius 3 is 2.26 bits per heavy atom. The van der Waals surface area contributed by atoms with Gasteiger partial charge in [0.05, 0.1) is 45.3 Å². The van der Waals surface area contributed by atoms with E-state index in [0.717, 1.165) is 31.4 Å². The number of methoxy groups -OCH3 is 1. The normalized spacial score (nSPS) is 10.7. The SMILES string of the molecule is COCCOCCOCCOC(=O)OC[n+]1ccc(NC(=NCCCCCCOc2ccc(Cl)cc2)NC#N)cc1.[Cl-]. The summed E-state index contributed by atoms with van der Waals surface area (Å²) in [7, 11) is 1.61. The molecule has 0 saturated heterocycles. The average Bonchev–Trinajstić information content (AvgIpc) is 2.98. The van der Waals surface area contributed by atoms with E-state index >= 15 is 0 Å². The van der Waals surface area contributed by atoms with Gasteiger partial charge in [-0.1, -0.05) is 18.0 Å². The van der Waals surface area contributed by atoms with Gasteiger partial charge < -0.3 is 46.1 Å². The van der Waals surface area contributed by atoms with E-state index in [1.54, 1.807) is 48.3 Å². The molecule has 1 aromatic heterocycles. The average molecular weight is 629 g/mol. The molecule has 12 nitrogen and oxygen atoms in total. The van der Waals surface area contributed by atoms with Crippen LogP contribution >= 0.6 is 11.6 Å².